The first-order valence-electron chi connectivity index (χ1n) is 10.8. The van der Waals surface area contributed by atoms with Crippen LogP contribution in [0.1, 0.15) is 45.4 Å². The second-order valence-corrected chi connectivity index (χ2v) is 9.09. The summed E-state index contributed by atoms with van der Waals surface area (Å²) in [6.07, 6.45) is 0.992. The molecule has 2 fully saturated rings. The molecule has 2 saturated heterocycles. The van der Waals surface area contributed by atoms with E-state index in [1.165, 1.54) is 6.07 Å². The minimum absolute atomic E-state index is 0.00944. The number of benzene rings is 1. The number of hydrogen-bond acceptors (Lipinski definition) is 7. The first-order chi connectivity index (χ1) is 15.2. The van der Waals surface area contributed by atoms with Crippen molar-refractivity contribution in [2.45, 2.75) is 45.1 Å². The number of carbonyl (C=O) groups is 1. The van der Waals surface area contributed by atoms with Gasteiger partial charge in [-0.2, -0.15) is 4.98 Å². The second-order valence-electron chi connectivity index (χ2n) is 9.09. The molecule has 2 aliphatic heterocycles. The maximum Gasteiger partial charge on any atom is 0.410 e. The third kappa shape index (κ3) is 5.01. The van der Waals surface area contributed by atoms with Crippen molar-refractivity contribution in [3.8, 4) is 11.5 Å². The molecule has 3 heterocycles. The van der Waals surface area contributed by atoms with E-state index in [0.29, 0.717) is 63.6 Å². The number of halogens is 2. The van der Waals surface area contributed by atoms with Gasteiger partial charge in [0.2, 0.25) is 0 Å². The van der Waals surface area contributed by atoms with Crippen molar-refractivity contribution < 1.29 is 27.6 Å². The van der Waals surface area contributed by atoms with Crippen LogP contribution < -0.4 is 4.90 Å². The number of piperidine rings is 1. The SMILES string of the molecule is CC(C)(C)OC(=O)N1CCC(c2noc(-c3cc(F)c(F)c(N4CCOCC4)c3)n2)CC1. The number of aromatic nitrogens is 2. The molecule has 2 aliphatic rings. The molecule has 0 atom stereocenters. The maximum absolute atomic E-state index is 14.4. The van der Waals surface area contributed by atoms with E-state index < -0.39 is 17.2 Å². The molecule has 174 valence electrons. The molecule has 4 rings (SSSR count). The number of anilines is 1. The summed E-state index contributed by atoms with van der Waals surface area (Å²) in [6, 6.07) is 2.60. The summed E-state index contributed by atoms with van der Waals surface area (Å²) >= 11 is 0. The topological polar surface area (TPSA) is 80.9 Å². The van der Waals surface area contributed by atoms with Gasteiger partial charge in [-0.1, -0.05) is 5.16 Å². The normalized spacial score (nSPS) is 18.2. The van der Waals surface area contributed by atoms with Crippen LogP contribution in [0.2, 0.25) is 0 Å². The standard InChI is InChI=1S/C22H28F2N4O4/c1-22(2,3)31-21(29)28-6-4-14(5-7-28)19-25-20(32-26-19)15-12-16(23)18(24)17(13-15)27-8-10-30-11-9-27/h12-14H,4-11H2,1-3H3. The molecule has 0 spiro atoms. The van der Waals surface area contributed by atoms with Gasteiger partial charge >= 0.3 is 6.09 Å². The van der Waals surface area contributed by atoms with Crippen LogP contribution in [0, 0.1) is 11.6 Å². The molecular weight excluding hydrogens is 422 g/mol. The molecule has 0 unspecified atom stereocenters. The summed E-state index contributed by atoms with van der Waals surface area (Å²) in [4.78, 5) is 20.1. The molecule has 10 heteroatoms. The number of morpholine rings is 1. The van der Waals surface area contributed by atoms with Gasteiger partial charge in [-0.05, 0) is 45.7 Å². The monoisotopic (exact) mass is 450 g/mol. The molecule has 0 N–H and O–H groups in total. The first-order valence-corrected chi connectivity index (χ1v) is 10.8. The highest BCUT2D eigenvalue weighted by molar-refractivity contribution is 5.68. The summed E-state index contributed by atoms with van der Waals surface area (Å²) in [5.41, 5.74) is -0.0508. The van der Waals surface area contributed by atoms with Crippen LogP contribution in [0.3, 0.4) is 0 Å². The van der Waals surface area contributed by atoms with Gasteiger partial charge in [-0.15, -0.1) is 0 Å². The lowest BCUT2D eigenvalue weighted by Crippen LogP contribution is -2.41. The second kappa shape index (κ2) is 9.01. The average Bonchev–Trinajstić information content (AvgIpc) is 3.25. The average molecular weight is 450 g/mol. The zero-order chi connectivity index (χ0) is 22.9. The summed E-state index contributed by atoms with van der Waals surface area (Å²) in [7, 11) is 0. The van der Waals surface area contributed by atoms with Gasteiger partial charge in [-0.3, -0.25) is 0 Å². The van der Waals surface area contributed by atoms with E-state index >= 15 is 0 Å². The Hall–Kier alpha value is -2.75. The Bertz CT molecular complexity index is 961. The Morgan fingerprint density at radius 2 is 1.81 bits per heavy atom. The highest BCUT2D eigenvalue weighted by Gasteiger charge is 2.30. The highest BCUT2D eigenvalue weighted by atomic mass is 19.2. The Morgan fingerprint density at radius 1 is 1.12 bits per heavy atom. The van der Waals surface area contributed by atoms with E-state index in [2.05, 4.69) is 10.1 Å². The van der Waals surface area contributed by atoms with E-state index in [9.17, 15) is 13.6 Å². The molecule has 1 aromatic carbocycles. The molecular formula is C22H28F2N4O4. The number of nitrogens with zero attached hydrogens (tertiary/aromatic N) is 4. The summed E-state index contributed by atoms with van der Waals surface area (Å²) in [5, 5.41) is 4.07. The quantitative estimate of drug-likeness (QED) is 0.700. The predicted octanol–water partition coefficient (Wildman–Crippen LogP) is 3.97. The zero-order valence-corrected chi connectivity index (χ0v) is 18.6. The lowest BCUT2D eigenvalue weighted by Gasteiger charge is -2.32. The Morgan fingerprint density at radius 3 is 2.47 bits per heavy atom. The molecule has 0 radical (unpaired) electrons. The molecule has 0 aliphatic carbocycles. The van der Waals surface area contributed by atoms with Gasteiger partial charge in [0.05, 0.1) is 18.9 Å². The minimum Gasteiger partial charge on any atom is -0.444 e. The van der Waals surface area contributed by atoms with Crippen LogP contribution in [0.5, 0.6) is 0 Å². The fourth-order valence-corrected chi connectivity index (χ4v) is 3.90. The van der Waals surface area contributed by atoms with E-state index in [4.69, 9.17) is 14.0 Å². The maximum atomic E-state index is 14.4. The van der Waals surface area contributed by atoms with Crippen LogP contribution in [-0.2, 0) is 9.47 Å². The van der Waals surface area contributed by atoms with E-state index in [-0.39, 0.29) is 23.6 Å². The molecule has 8 nitrogen and oxygen atoms in total. The summed E-state index contributed by atoms with van der Waals surface area (Å²) in [6.45, 7) is 8.42. The fraction of sp³-hybridized carbons (Fsp3) is 0.591. The predicted molar refractivity (Wildman–Crippen MR) is 112 cm³/mol. The summed E-state index contributed by atoms with van der Waals surface area (Å²) < 4.78 is 44.8. The first kappa shape index (κ1) is 22.4. The number of amides is 1. The number of hydrogen-bond donors (Lipinski definition) is 0. The van der Waals surface area contributed by atoms with Crippen molar-refractivity contribution in [3.63, 3.8) is 0 Å². The molecule has 0 bridgehead atoms. The van der Waals surface area contributed by atoms with Gasteiger partial charge < -0.3 is 23.8 Å². The van der Waals surface area contributed by atoms with E-state index in [1.54, 1.807) is 9.80 Å². The zero-order valence-electron chi connectivity index (χ0n) is 18.6. The molecule has 32 heavy (non-hydrogen) atoms. The van der Waals surface area contributed by atoms with Gasteiger partial charge in [0.1, 0.15) is 5.60 Å². The molecule has 1 aromatic heterocycles. The number of carbonyl (C=O) groups excluding carboxylic acids is 1. The highest BCUT2D eigenvalue weighted by Crippen LogP contribution is 2.32. The van der Waals surface area contributed by atoms with Crippen molar-refractivity contribution in [1.29, 1.82) is 0 Å². The smallest absolute Gasteiger partial charge is 0.410 e. The fourth-order valence-electron chi connectivity index (χ4n) is 3.90. The third-order valence-electron chi connectivity index (χ3n) is 5.56. The Kier molecular flexibility index (Phi) is 6.32. The van der Waals surface area contributed by atoms with Crippen molar-refractivity contribution in [3.05, 3.63) is 29.6 Å². The van der Waals surface area contributed by atoms with Gasteiger partial charge in [-0.25, -0.2) is 13.6 Å². The Labute approximate surface area is 185 Å². The van der Waals surface area contributed by atoms with Crippen LogP contribution in [0.4, 0.5) is 19.3 Å². The van der Waals surface area contributed by atoms with Gasteiger partial charge in [0, 0.05) is 37.7 Å². The number of ether oxygens (including phenoxy) is 2. The number of likely N-dealkylation sites (tertiary alicyclic amines) is 1. The summed E-state index contributed by atoms with van der Waals surface area (Å²) in [5.74, 6) is -1.21. The molecule has 0 saturated carbocycles. The number of rotatable bonds is 3. The van der Waals surface area contributed by atoms with Crippen molar-refractivity contribution in [2.24, 2.45) is 0 Å². The van der Waals surface area contributed by atoms with E-state index in [0.717, 1.165) is 6.07 Å². The Balaban J connectivity index is 1.45. The van der Waals surface area contributed by atoms with E-state index in [1.807, 2.05) is 20.8 Å². The van der Waals surface area contributed by atoms with Crippen molar-refractivity contribution >= 4 is 11.8 Å². The lowest BCUT2D eigenvalue weighted by atomic mass is 9.96. The minimum atomic E-state index is -0.964. The molecule has 1 amide bonds. The van der Waals surface area contributed by atoms with Gasteiger partial charge in [0.15, 0.2) is 17.5 Å². The van der Waals surface area contributed by atoms with Crippen molar-refractivity contribution in [2.75, 3.05) is 44.3 Å². The third-order valence-corrected chi connectivity index (χ3v) is 5.56. The molecule has 2 aromatic rings. The van der Waals surface area contributed by atoms with Crippen LogP contribution in [-0.4, -0.2) is 66.1 Å². The van der Waals surface area contributed by atoms with Gasteiger partial charge in [0.25, 0.3) is 5.89 Å². The lowest BCUT2D eigenvalue weighted by molar-refractivity contribution is 0.0202. The largest absolute Gasteiger partial charge is 0.444 e. The van der Waals surface area contributed by atoms with Crippen LogP contribution in [0.15, 0.2) is 16.7 Å². The van der Waals surface area contributed by atoms with Crippen molar-refractivity contribution in [1.82, 2.24) is 15.0 Å². The van der Waals surface area contributed by atoms with Crippen LogP contribution in [0.25, 0.3) is 11.5 Å². The van der Waals surface area contributed by atoms with Crippen LogP contribution >= 0.6 is 0 Å².